The molecule has 4 nitrogen and oxygen atoms in total. The zero-order valence-electron chi connectivity index (χ0n) is 9.44. The first-order valence-electron chi connectivity index (χ1n) is 5.62. The van der Waals surface area contributed by atoms with Crippen molar-refractivity contribution in [2.45, 2.75) is 31.9 Å². The van der Waals surface area contributed by atoms with Gasteiger partial charge in [-0.25, -0.2) is 0 Å². The van der Waals surface area contributed by atoms with E-state index in [2.05, 4.69) is 23.5 Å². The summed E-state index contributed by atoms with van der Waals surface area (Å²) >= 11 is 0. The third-order valence-corrected chi connectivity index (χ3v) is 2.88. The lowest BCUT2D eigenvalue weighted by molar-refractivity contribution is 0.0543. The summed E-state index contributed by atoms with van der Waals surface area (Å²) in [5.41, 5.74) is 1.28. The summed E-state index contributed by atoms with van der Waals surface area (Å²) in [5, 5.41) is 7.66. The zero-order chi connectivity index (χ0) is 10.7. The van der Waals surface area contributed by atoms with Gasteiger partial charge in [0.05, 0.1) is 12.3 Å². The molecule has 84 valence electrons. The molecule has 0 amide bonds. The van der Waals surface area contributed by atoms with Gasteiger partial charge in [-0.3, -0.25) is 4.68 Å². The van der Waals surface area contributed by atoms with Crippen LogP contribution in [0.5, 0.6) is 0 Å². The Morgan fingerprint density at radius 3 is 3.20 bits per heavy atom. The Morgan fingerprint density at radius 2 is 2.53 bits per heavy atom. The highest BCUT2D eigenvalue weighted by atomic mass is 16.5. The van der Waals surface area contributed by atoms with Crippen LogP contribution in [0.2, 0.25) is 0 Å². The highest BCUT2D eigenvalue weighted by Crippen LogP contribution is 2.15. The Hall–Kier alpha value is -0.870. The Labute approximate surface area is 90.6 Å². The average molecular weight is 209 g/mol. The van der Waals surface area contributed by atoms with E-state index < -0.39 is 0 Å². The van der Waals surface area contributed by atoms with Crippen LogP contribution in [0.4, 0.5) is 0 Å². The van der Waals surface area contributed by atoms with E-state index in [0.717, 1.165) is 26.0 Å². The average Bonchev–Trinajstić information content (AvgIpc) is 2.78. The smallest absolute Gasteiger partial charge is 0.0743 e. The Bertz CT molecular complexity index is 311. The van der Waals surface area contributed by atoms with Gasteiger partial charge in [0, 0.05) is 25.9 Å². The molecule has 1 N–H and O–H groups in total. The summed E-state index contributed by atoms with van der Waals surface area (Å²) in [6.45, 7) is 3.92. The van der Waals surface area contributed by atoms with Crippen LogP contribution in [0.25, 0.3) is 0 Å². The van der Waals surface area contributed by atoms with Crippen LogP contribution in [0.1, 0.15) is 18.9 Å². The maximum absolute atomic E-state index is 5.70. The molecular formula is C11H19N3O. The first-order valence-corrected chi connectivity index (χ1v) is 5.62. The van der Waals surface area contributed by atoms with Crippen LogP contribution in [0, 0.1) is 0 Å². The van der Waals surface area contributed by atoms with Gasteiger partial charge in [-0.2, -0.15) is 5.10 Å². The van der Waals surface area contributed by atoms with Crippen LogP contribution < -0.4 is 5.32 Å². The topological polar surface area (TPSA) is 39.1 Å². The summed E-state index contributed by atoms with van der Waals surface area (Å²) < 4.78 is 7.55. The number of hydrogen-bond donors (Lipinski definition) is 1. The molecule has 0 spiro atoms. The van der Waals surface area contributed by atoms with E-state index in [0.29, 0.717) is 12.1 Å². The fourth-order valence-corrected chi connectivity index (χ4v) is 2.19. The van der Waals surface area contributed by atoms with Crippen LogP contribution in [0.15, 0.2) is 12.4 Å². The molecule has 2 rings (SSSR count). The maximum atomic E-state index is 5.70. The molecule has 0 bridgehead atoms. The molecule has 15 heavy (non-hydrogen) atoms. The van der Waals surface area contributed by atoms with E-state index >= 15 is 0 Å². The molecule has 1 fully saturated rings. The van der Waals surface area contributed by atoms with E-state index in [-0.39, 0.29) is 0 Å². The first-order chi connectivity index (χ1) is 7.29. The standard InChI is InChI=1S/C11H19N3O/c1-3-15-11-4-5-12-10(11)6-9-7-13-14(2)8-9/h7-8,10-12H,3-6H2,1-2H3/t10-,11-/m0/s1. The molecule has 0 radical (unpaired) electrons. The van der Waals surface area contributed by atoms with Crippen LogP contribution in [-0.2, 0) is 18.2 Å². The van der Waals surface area contributed by atoms with Crippen molar-refractivity contribution in [3.8, 4) is 0 Å². The van der Waals surface area contributed by atoms with Gasteiger partial charge in [-0.05, 0) is 31.9 Å². The largest absolute Gasteiger partial charge is 0.377 e. The normalized spacial score (nSPS) is 26.0. The lowest BCUT2D eigenvalue weighted by Crippen LogP contribution is -2.34. The van der Waals surface area contributed by atoms with Crippen molar-refractivity contribution in [2.75, 3.05) is 13.2 Å². The summed E-state index contributed by atoms with van der Waals surface area (Å²) in [5.74, 6) is 0. The molecule has 0 aromatic carbocycles. The Balaban J connectivity index is 1.93. The van der Waals surface area contributed by atoms with Gasteiger partial charge >= 0.3 is 0 Å². The SMILES string of the molecule is CCO[C@H]1CCN[C@H]1Cc1cnn(C)c1. The van der Waals surface area contributed by atoms with Gasteiger partial charge in [0.1, 0.15) is 0 Å². The minimum atomic E-state index is 0.371. The third-order valence-electron chi connectivity index (χ3n) is 2.88. The minimum Gasteiger partial charge on any atom is -0.377 e. The van der Waals surface area contributed by atoms with E-state index in [4.69, 9.17) is 4.74 Å². The fourth-order valence-electron chi connectivity index (χ4n) is 2.19. The molecule has 1 aliphatic rings. The highest BCUT2D eigenvalue weighted by molar-refractivity contribution is 5.08. The molecule has 0 aliphatic carbocycles. The lowest BCUT2D eigenvalue weighted by atomic mass is 10.1. The molecule has 2 atom stereocenters. The predicted molar refractivity (Wildman–Crippen MR) is 58.7 cm³/mol. The quantitative estimate of drug-likeness (QED) is 0.794. The molecule has 1 aromatic rings. The van der Waals surface area contributed by atoms with Crippen LogP contribution in [-0.4, -0.2) is 35.1 Å². The van der Waals surface area contributed by atoms with Crippen LogP contribution >= 0.6 is 0 Å². The van der Waals surface area contributed by atoms with Crippen molar-refractivity contribution in [3.63, 3.8) is 0 Å². The number of ether oxygens (including phenoxy) is 1. The minimum absolute atomic E-state index is 0.371. The molecule has 0 saturated carbocycles. The van der Waals surface area contributed by atoms with E-state index in [1.54, 1.807) is 0 Å². The molecule has 0 unspecified atom stereocenters. The maximum Gasteiger partial charge on any atom is 0.0743 e. The van der Waals surface area contributed by atoms with Crippen molar-refractivity contribution >= 4 is 0 Å². The van der Waals surface area contributed by atoms with Crippen LogP contribution in [0.3, 0.4) is 0 Å². The molecule has 2 heterocycles. The van der Waals surface area contributed by atoms with Gasteiger partial charge in [0.2, 0.25) is 0 Å². The number of rotatable bonds is 4. The second kappa shape index (κ2) is 4.77. The van der Waals surface area contributed by atoms with Gasteiger partial charge in [-0.15, -0.1) is 0 Å². The first kappa shape index (κ1) is 10.6. The van der Waals surface area contributed by atoms with Gasteiger partial charge < -0.3 is 10.1 Å². The molecular weight excluding hydrogens is 190 g/mol. The van der Waals surface area contributed by atoms with Crippen molar-refractivity contribution in [1.29, 1.82) is 0 Å². The molecule has 4 heteroatoms. The van der Waals surface area contributed by atoms with E-state index in [1.165, 1.54) is 5.56 Å². The lowest BCUT2D eigenvalue weighted by Gasteiger charge is -2.18. The van der Waals surface area contributed by atoms with E-state index in [1.807, 2.05) is 17.9 Å². The summed E-state index contributed by atoms with van der Waals surface area (Å²) in [4.78, 5) is 0. The van der Waals surface area contributed by atoms with Gasteiger partial charge in [0.25, 0.3) is 0 Å². The van der Waals surface area contributed by atoms with Crippen molar-refractivity contribution in [3.05, 3.63) is 18.0 Å². The Morgan fingerprint density at radius 1 is 1.67 bits per heavy atom. The number of nitrogens with zero attached hydrogens (tertiary/aromatic N) is 2. The Kier molecular flexibility index (Phi) is 3.38. The second-order valence-electron chi connectivity index (χ2n) is 4.07. The summed E-state index contributed by atoms with van der Waals surface area (Å²) in [6, 6.07) is 0.453. The summed E-state index contributed by atoms with van der Waals surface area (Å²) in [7, 11) is 1.95. The van der Waals surface area contributed by atoms with Crippen molar-refractivity contribution in [1.82, 2.24) is 15.1 Å². The number of aryl methyl sites for hydroxylation is 1. The monoisotopic (exact) mass is 209 g/mol. The van der Waals surface area contributed by atoms with Crippen molar-refractivity contribution < 1.29 is 4.74 Å². The van der Waals surface area contributed by atoms with E-state index in [9.17, 15) is 0 Å². The number of aromatic nitrogens is 2. The second-order valence-corrected chi connectivity index (χ2v) is 4.07. The molecule has 1 saturated heterocycles. The molecule has 1 aliphatic heterocycles. The summed E-state index contributed by atoms with van der Waals surface area (Å²) in [6.07, 6.45) is 6.51. The highest BCUT2D eigenvalue weighted by Gasteiger charge is 2.27. The fraction of sp³-hybridized carbons (Fsp3) is 0.727. The predicted octanol–water partition coefficient (Wildman–Crippen LogP) is 0.730. The number of nitrogens with one attached hydrogen (secondary N) is 1. The van der Waals surface area contributed by atoms with Gasteiger partial charge in [-0.1, -0.05) is 0 Å². The zero-order valence-corrected chi connectivity index (χ0v) is 9.44. The molecule has 1 aromatic heterocycles. The third kappa shape index (κ3) is 2.58. The van der Waals surface area contributed by atoms with Crippen molar-refractivity contribution in [2.24, 2.45) is 7.05 Å². The van der Waals surface area contributed by atoms with Gasteiger partial charge in [0.15, 0.2) is 0 Å². The number of hydrogen-bond acceptors (Lipinski definition) is 3.